The highest BCUT2D eigenvalue weighted by molar-refractivity contribution is 7.51. The SMILES string of the molecule is COP(=O)(OC1CCCN(C(=O)c2ccc(NC(=O)c3ccccc3C)cc2C)c2ccc(Cl)cc21)N(CCO)CCO. The zero-order chi connectivity index (χ0) is 31.1. The first-order valence-electron chi connectivity index (χ1n) is 14.0. The van der Waals surface area contributed by atoms with E-state index >= 15 is 0 Å². The second-order valence-electron chi connectivity index (χ2n) is 10.2. The molecule has 0 spiro atoms. The van der Waals surface area contributed by atoms with Crippen molar-refractivity contribution in [1.29, 1.82) is 0 Å². The molecule has 0 saturated heterocycles. The number of amides is 2. The number of hydrogen-bond donors (Lipinski definition) is 3. The van der Waals surface area contributed by atoms with Gasteiger partial charge in [0.1, 0.15) is 0 Å². The van der Waals surface area contributed by atoms with Crippen LogP contribution in [0.15, 0.2) is 60.7 Å². The van der Waals surface area contributed by atoms with Crippen LogP contribution in [-0.2, 0) is 13.6 Å². The van der Waals surface area contributed by atoms with Crippen LogP contribution in [0.25, 0.3) is 0 Å². The lowest BCUT2D eigenvalue weighted by Gasteiger charge is -2.31. The van der Waals surface area contributed by atoms with Crippen molar-refractivity contribution in [3.05, 3.63) is 93.5 Å². The van der Waals surface area contributed by atoms with E-state index in [1.807, 2.05) is 32.0 Å². The van der Waals surface area contributed by atoms with Crippen molar-refractivity contribution in [3.63, 3.8) is 0 Å². The summed E-state index contributed by atoms with van der Waals surface area (Å²) in [5, 5.41) is 22.3. The van der Waals surface area contributed by atoms with Crippen LogP contribution >= 0.6 is 19.3 Å². The van der Waals surface area contributed by atoms with E-state index in [4.69, 9.17) is 20.6 Å². The third kappa shape index (κ3) is 7.53. The van der Waals surface area contributed by atoms with Gasteiger partial charge in [-0.1, -0.05) is 29.8 Å². The van der Waals surface area contributed by atoms with E-state index in [-0.39, 0.29) is 38.1 Å². The lowest BCUT2D eigenvalue weighted by Crippen LogP contribution is -2.32. The number of hydrogen-bond acceptors (Lipinski definition) is 7. The van der Waals surface area contributed by atoms with Crippen LogP contribution < -0.4 is 10.2 Å². The molecule has 2 amide bonds. The molecule has 0 radical (unpaired) electrons. The van der Waals surface area contributed by atoms with Gasteiger partial charge in [0.05, 0.1) is 19.3 Å². The summed E-state index contributed by atoms with van der Waals surface area (Å²) in [6.45, 7) is 3.40. The minimum Gasteiger partial charge on any atom is -0.395 e. The van der Waals surface area contributed by atoms with Crippen molar-refractivity contribution in [2.45, 2.75) is 32.8 Å². The molecule has 0 aromatic heterocycles. The zero-order valence-corrected chi connectivity index (χ0v) is 26.1. The number of aliphatic hydroxyl groups excluding tert-OH is 2. The summed E-state index contributed by atoms with van der Waals surface area (Å²) in [4.78, 5) is 28.4. The summed E-state index contributed by atoms with van der Waals surface area (Å²) in [5.74, 6) is -0.471. The number of aryl methyl sites for hydroxylation is 2. The molecule has 3 aromatic rings. The molecular weight excluding hydrogens is 593 g/mol. The minimum atomic E-state index is -3.92. The number of carbonyl (C=O) groups excluding carboxylic acids is 2. The van der Waals surface area contributed by atoms with Gasteiger partial charge in [-0.05, 0) is 80.3 Å². The standard InChI is InChI=1S/C31H37ClN3O7P/c1-21-7-4-5-8-25(21)30(38)33-24-11-12-26(22(2)19-24)31(39)35-14-6-9-29(27-20-23(32)10-13-28(27)35)42-43(40,41-3)34(15-17-36)16-18-37/h4-5,7-8,10-13,19-20,29,36-37H,6,9,14-18H2,1-3H3,(H,33,38). The highest BCUT2D eigenvalue weighted by Gasteiger charge is 2.38. The van der Waals surface area contributed by atoms with Crippen LogP contribution in [0.2, 0.25) is 5.02 Å². The van der Waals surface area contributed by atoms with Crippen LogP contribution in [0.5, 0.6) is 0 Å². The predicted molar refractivity (Wildman–Crippen MR) is 167 cm³/mol. The zero-order valence-electron chi connectivity index (χ0n) is 24.5. The fraction of sp³-hybridized carbons (Fsp3) is 0.355. The lowest BCUT2D eigenvalue weighted by molar-refractivity contribution is 0.0983. The number of halogens is 1. The first-order valence-corrected chi connectivity index (χ1v) is 15.9. The largest absolute Gasteiger partial charge is 0.408 e. The van der Waals surface area contributed by atoms with Crippen molar-refractivity contribution >= 4 is 42.5 Å². The maximum Gasteiger partial charge on any atom is 0.408 e. The highest BCUT2D eigenvalue weighted by Crippen LogP contribution is 2.56. The number of nitrogens with zero attached hydrogens (tertiary/aromatic N) is 2. The molecule has 3 aromatic carbocycles. The van der Waals surface area contributed by atoms with Gasteiger partial charge in [0.25, 0.3) is 11.8 Å². The number of fused-ring (bicyclic) bond motifs is 1. The first-order chi connectivity index (χ1) is 20.6. The van der Waals surface area contributed by atoms with Crippen LogP contribution in [-0.4, -0.2) is 66.7 Å². The summed E-state index contributed by atoms with van der Waals surface area (Å²) in [5.41, 5.74) is 4.30. The molecule has 43 heavy (non-hydrogen) atoms. The molecule has 1 aliphatic rings. The fourth-order valence-corrected chi connectivity index (χ4v) is 7.03. The molecule has 0 bridgehead atoms. The normalized spacial score (nSPS) is 16.3. The Labute approximate surface area is 256 Å². The molecule has 2 atom stereocenters. The number of aliphatic hydroxyl groups is 2. The van der Waals surface area contributed by atoms with Crippen LogP contribution in [0.4, 0.5) is 11.4 Å². The summed E-state index contributed by atoms with van der Waals surface area (Å²) in [6, 6.07) is 17.6. The molecule has 4 rings (SSSR count). The molecule has 1 heterocycles. The Hall–Kier alpha value is -3.08. The number of benzene rings is 3. The van der Waals surface area contributed by atoms with E-state index < -0.39 is 13.9 Å². The molecule has 12 heteroatoms. The predicted octanol–water partition coefficient (Wildman–Crippen LogP) is 5.75. The third-order valence-electron chi connectivity index (χ3n) is 7.38. The van der Waals surface area contributed by atoms with E-state index in [0.29, 0.717) is 58.0 Å². The Kier molecular flexibility index (Phi) is 11.1. The molecule has 3 N–H and O–H groups in total. The first kappa shape index (κ1) is 32.8. The third-order valence-corrected chi connectivity index (χ3v) is 9.69. The minimum absolute atomic E-state index is 0.0217. The molecule has 0 aliphatic carbocycles. The van der Waals surface area contributed by atoms with Crippen molar-refractivity contribution in [3.8, 4) is 0 Å². The van der Waals surface area contributed by atoms with Crippen molar-refractivity contribution in [1.82, 2.24) is 4.67 Å². The van der Waals surface area contributed by atoms with Crippen LogP contribution in [0.3, 0.4) is 0 Å². The van der Waals surface area contributed by atoms with Gasteiger partial charge in [0.2, 0.25) is 0 Å². The molecular formula is C31H37ClN3O7P. The molecule has 10 nitrogen and oxygen atoms in total. The van der Waals surface area contributed by atoms with E-state index in [0.717, 1.165) is 5.56 Å². The quantitative estimate of drug-likeness (QED) is 0.229. The Morgan fingerprint density at radius 3 is 2.40 bits per heavy atom. The van der Waals surface area contributed by atoms with Crippen molar-refractivity contribution < 1.29 is 33.4 Å². The van der Waals surface area contributed by atoms with E-state index in [1.54, 1.807) is 47.4 Å². The van der Waals surface area contributed by atoms with Gasteiger partial charge in [-0.15, -0.1) is 0 Å². The summed E-state index contributed by atoms with van der Waals surface area (Å²) >= 11 is 6.37. The second-order valence-corrected chi connectivity index (χ2v) is 12.8. The molecule has 1 aliphatic heterocycles. The Morgan fingerprint density at radius 2 is 1.74 bits per heavy atom. The lowest BCUT2D eigenvalue weighted by atomic mass is 10.0. The average molecular weight is 630 g/mol. The van der Waals surface area contributed by atoms with Gasteiger partial charge >= 0.3 is 7.75 Å². The van der Waals surface area contributed by atoms with Gasteiger partial charge < -0.3 is 20.4 Å². The summed E-state index contributed by atoms with van der Waals surface area (Å²) < 4.78 is 26.5. The molecule has 0 fully saturated rings. The second kappa shape index (κ2) is 14.6. The summed E-state index contributed by atoms with van der Waals surface area (Å²) in [6.07, 6.45) is 0.201. The number of rotatable bonds is 11. The summed E-state index contributed by atoms with van der Waals surface area (Å²) in [7, 11) is -2.67. The smallest absolute Gasteiger partial charge is 0.395 e. The average Bonchev–Trinajstić information content (AvgIpc) is 3.15. The van der Waals surface area contributed by atoms with Crippen molar-refractivity contribution in [2.75, 3.05) is 50.2 Å². The number of carbonyl (C=O) groups is 2. The van der Waals surface area contributed by atoms with Gasteiger partial charge in [0.15, 0.2) is 0 Å². The highest BCUT2D eigenvalue weighted by atomic mass is 35.5. The van der Waals surface area contributed by atoms with Gasteiger partial charge in [-0.2, -0.15) is 0 Å². The Balaban J connectivity index is 1.61. The fourth-order valence-electron chi connectivity index (χ4n) is 5.19. The van der Waals surface area contributed by atoms with E-state index in [9.17, 15) is 24.4 Å². The van der Waals surface area contributed by atoms with Gasteiger partial charge in [-0.25, -0.2) is 9.24 Å². The maximum atomic E-state index is 14.0. The topological polar surface area (TPSA) is 129 Å². The molecule has 2 unspecified atom stereocenters. The van der Waals surface area contributed by atoms with Crippen LogP contribution in [0.1, 0.15) is 56.4 Å². The van der Waals surface area contributed by atoms with Gasteiger partial charge in [-0.3, -0.25) is 18.6 Å². The van der Waals surface area contributed by atoms with Crippen LogP contribution in [0, 0.1) is 13.8 Å². The Morgan fingerprint density at radius 1 is 1.02 bits per heavy atom. The van der Waals surface area contributed by atoms with Crippen molar-refractivity contribution in [2.24, 2.45) is 0 Å². The number of nitrogens with one attached hydrogen (secondary N) is 1. The van der Waals surface area contributed by atoms with E-state index in [1.165, 1.54) is 11.8 Å². The molecule has 230 valence electrons. The molecule has 0 saturated carbocycles. The van der Waals surface area contributed by atoms with E-state index in [2.05, 4.69) is 5.32 Å². The monoisotopic (exact) mass is 629 g/mol. The Bertz CT molecular complexity index is 1510. The van der Waals surface area contributed by atoms with Gasteiger partial charge in [0, 0.05) is 59.8 Å². The number of anilines is 2. The maximum absolute atomic E-state index is 14.0.